The minimum atomic E-state index is -0.762. The lowest BCUT2D eigenvalue weighted by Crippen LogP contribution is -2.48. The Kier molecular flexibility index (Phi) is 8.95. The van der Waals surface area contributed by atoms with Gasteiger partial charge in [-0.2, -0.15) is 0 Å². The van der Waals surface area contributed by atoms with E-state index in [2.05, 4.69) is 16.2 Å². The van der Waals surface area contributed by atoms with E-state index in [0.717, 1.165) is 5.56 Å². The van der Waals surface area contributed by atoms with Gasteiger partial charge in [0.15, 0.2) is 6.10 Å². The Labute approximate surface area is 185 Å². The zero-order valence-corrected chi connectivity index (χ0v) is 18.1. The predicted octanol–water partition coefficient (Wildman–Crippen LogP) is 4.03. The van der Waals surface area contributed by atoms with Crippen molar-refractivity contribution < 1.29 is 19.1 Å². The number of carbonyl (C=O) groups is 3. The standard InChI is InChI=1S/C21H23Cl2N3O4/c1-3-17(30-18-7-5-4-6-13(18)2)21(29)26-25-20(28)11-10-19(27)24-16-9-8-14(22)12-15(16)23/h4-9,12,17H,3,10-11H2,1-2H3,(H,24,27)(H,25,28)(H,26,29). The van der Waals surface area contributed by atoms with Gasteiger partial charge in [-0.15, -0.1) is 0 Å². The Morgan fingerprint density at radius 1 is 1.00 bits per heavy atom. The van der Waals surface area contributed by atoms with Gasteiger partial charge >= 0.3 is 0 Å². The van der Waals surface area contributed by atoms with Crippen LogP contribution >= 0.6 is 23.2 Å². The van der Waals surface area contributed by atoms with Crippen LogP contribution in [-0.4, -0.2) is 23.8 Å². The van der Waals surface area contributed by atoms with Crippen LogP contribution in [0.5, 0.6) is 5.75 Å². The van der Waals surface area contributed by atoms with Crippen LogP contribution in [0.2, 0.25) is 10.0 Å². The highest BCUT2D eigenvalue weighted by Gasteiger charge is 2.20. The third-order valence-electron chi connectivity index (χ3n) is 4.14. The number of hydrogen-bond acceptors (Lipinski definition) is 4. The summed E-state index contributed by atoms with van der Waals surface area (Å²) in [5.74, 6) is -0.781. The molecule has 160 valence electrons. The highest BCUT2D eigenvalue weighted by atomic mass is 35.5. The molecule has 0 fully saturated rings. The summed E-state index contributed by atoms with van der Waals surface area (Å²) in [5.41, 5.74) is 5.93. The molecular weight excluding hydrogens is 429 g/mol. The molecule has 1 atom stereocenters. The van der Waals surface area contributed by atoms with E-state index in [9.17, 15) is 14.4 Å². The molecular formula is C21H23Cl2N3O4. The number of benzene rings is 2. The van der Waals surface area contributed by atoms with Crippen molar-refractivity contribution in [1.82, 2.24) is 10.9 Å². The maximum Gasteiger partial charge on any atom is 0.279 e. The van der Waals surface area contributed by atoms with Crippen molar-refractivity contribution in [1.29, 1.82) is 0 Å². The summed E-state index contributed by atoms with van der Waals surface area (Å²) >= 11 is 11.8. The number of hydrazine groups is 1. The van der Waals surface area contributed by atoms with Crippen LogP contribution in [0.15, 0.2) is 42.5 Å². The molecule has 0 aliphatic heterocycles. The van der Waals surface area contributed by atoms with Crippen molar-refractivity contribution in [2.75, 3.05) is 5.32 Å². The van der Waals surface area contributed by atoms with Crippen molar-refractivity contribution in [3.63, 3.8) is 0 Å². The predicted molar refractivity (Wildman–Crippen MR) is 116 cm³/mol. The average Bonchev–Trinajstić information content (AvgIpc) is 2.72. The fourth-order valence-electron chi connectivity index (χ4n) is 2.47. The minimum absolute atomic E-state index is 0.0857. The van der Waals surface area contributed by atoms with E-state index in [4.69, 9.17) is 27.9 Å². The SMILES string of the molecule is CCC(Oc1ccccc1C)C(=O)NNC(=O)CCC(=O)Nc1ccc(Cl)cc1Cl. The molecule has 0 bridgehead atoms. The van der Waals surface area contributed by atoms with Crippen LogP contribution in [0.1, 0.15) is 31.7 Å². The van der Waals surface area contributed by atoms with E-state index < -0.39 is 23.8 Å². The Hall–Kier alpha value is -2.77. The molecule has 1 unspecified atom stereocenters. The topological polar surface area (TPSA) is 96.5 Å². The number of ether oxygens (including phenoxy) is 1. The van der Waals surface area contributed by atoms with Crippen LogP contribution in [0, 0.1) is 6.92 Å². The second-order valence-electron chi connectivity index (χ2n) is 6.49. The first-order chi connectivity index (χ1) is 14.3. The van der Waals surface area contributed by atoms with E-state index in [-0.39, 0.29) is 12.8 Å². The molecule has 0 saturated heterocycles. The summed E-state index contributed by atoms with van der Waals surface area (Å²) in [6, 6.07) is 12.0. The fraction of sp³-hybridized carbons (Fsp3) is 0.286. The van der Waals surface area contributed by atoms with Gasteiger partial charge < -0.3 is 10.1 Å². The van der Waals surface area contributed by atoms with Crippen molar-refractivity contribution in [2.45, 2.75) is 39.2 Å². The molecule has 30 heavy (non-hydrogen) atoms. The lowest BCUT2D eigenvalue weighted by molar-refractivity contribution is -0.133. The third kappa shape index (κ3) is 7.24. The molecule has 0 radical (unpaired) electrons. The maximum atomic E-state index is 12.3. The molecule has 0 spiro atoms. The van der Waals surface area contributed by atoms with E-state index in [0.29, 0.717) is 27.9 Å². The largest absolute Gasteiger partial charge is 0.480 e. The zero-order chi connectivity index (χ0) is 22.1. The van der Waals surface area contributed by atoms with Crippen molar-refractivity contribution in [3.05, 3.63) is 58.1 Å². The van der Waals surface area contributed by atoms with Crippen LogP contribution in [0.3, 0.4) is 0 Å². The fourth-order valence-corrected chi connectivity index (χ4v) is 2.92. The van der Waals surface area contributed by atoms with Crippen LogP contribution < -0.4 is 20.9 Å². The first-order valence-corrected chi connectivity index (χ1v) is 10.1. The molecule has 0 aliphatic rings. The summed E-state index contributed by atoms with van der Waals surface area (Å²) in [4.78, 5) is 36.2. The highest BCUT2D eigenvalue weighted by Crippen LogP contribution is 2.25. The number of para-hydroxylation sites is 1. The molecule has 2 aromatic rings. The molecule has 0 aromatic heterocycles. The van der Waals surface area contributed by atoms with Gasteiger partial charge in [-0.05, 0) is 43.2 Å². The van der Waals surface area contributed by atoms with E-state index >= 15 is 0 Å². The summed E-state index contributed by atoms with van der Waals surface area (Å²) in [6.45, 7) is 3.68. The Balaban J connectivity index is 1.76. The van der Waals surface area contributed by atoms with Crippen LogP contribution in [0.4, 0.5) is 5.69 Å². The normalized spacial score (nSPS) is 11.3. The molecule has 3 N–H and O–H groups in total. The van der Waals surface area contributed by atoms with E-state index in [1.807, 2.05) is 25.1 Å². The van der Waals surface area contributed by atoms with E-state index in [1.165, 1.54) is 6.07 Å². The summed E-state index contributed by atoms with van der Waals surface area (Å²) < 4.78 is 5.72. The van der Waals surface area contributed by atoms with Gasteiger partial charge in [0.25, 0.3) is 5.91 Å². The number of hydrogen-bond donors (Lipinski definition) is 3. The van der Waals surface area contributed by atoms with Crippen molar-refractivity contribution in [3.8, 4) is 5.75 Å². The Bertz CT molecular complexity index is 921. The first-order valence-electron chi connectivity index (χ1n) is 9.36. The number of carbonyl (C=O) groups excluding carboxylic acids is 3. The van der Waals surface area contributed by atoms with Gasteiger partial charge in [-0.1, -0.05) is 48.3 Å². The van der Waals surface area contributed by atoms with Gasteiger partial charge in [0.2, 0.25) is 11.8 Å². The number of halogens is 2. The van der Waals surface area contributed by atoms with Gasteiger partial charge in [0.1, 0.15) is 5.75 Å². The third-order valence-corrected chi connectivity index (χ3v) is 4.68. The number of amides is 3. The van der Waals surface area contributed by atoms with Gasteiger partial charge in [-0.3, -0.25) is 25.2 Å². The molecule has 9 heteroatoms. The molecule has 3 amide bonds. The number of aryl methyl sites for hydroxylation is 1. The summed E-state index contributed by atoms with van der Waals surface area (Å²) in [7, 11) is 0. The molecule has 7 nitrogen and oxygen atoms in total. The highest BCUT2D eigenvalue weighted by molar-refractivity contribution is 6.36. The smallest absolute Gasteiger partial charge is 0.279 e. The van der Waals surface area contributed by atoms with Gasteiger partial charge in [0, 0.05) is 17.9 Å². The lowest BCUT2D eigenvalue weighted by Gasteiger charge is -2.18. The van der Waals surface area contributed by atoms with Crippen LogP contribution in [0.25, 0.3) is 0 Å². The quantitative estimate of drug-likeness (QED) is 0.527. The molecule has 2 aromatic carbocycles. The first kappa shape index (κ1) is 23.5. The summed E-state index contributed by atoms with van der Waals surface area (Å²) in [6.07, 6.45) is -0.549. The van der Waals surface area contributed by atoms with E-state index in [1.54, 1.807) is 25.1 Å². The van der Waals surface area contributed by atoms with Crippen molar-refractivity contribution >= 4 is 46.6 Å². The van der Waals surface area contributed by atoms with Gasteiger partial charge in [-0.25, -0.2) is 0 Å². The van der Waals surface area contributed by atoms with Crippen LogP contribution in [-0.2, 0) is 14.4 Å². The monoisotopic (exact) mass is 451 g/mol. The maximum absolute atomic E-state index is 12.3. The number of nitrogens with one attached hydrogen (secondary N) is 3. The molecule has 0 aliphatic carbocycles. The molecule has 0 saturated carbocycles. The lowest BCUT2D eigenvalue weighted by atomic mass is 10.2. The number of rotatable bonds is 8. The molecule has 0 heterocycles. The second kappa shape index (κ2) is 11.4. The van der Waals surface area contributed by atoms with Crippen molar-refractivity contribution in [2.24, 2.45) is 0 Å². The Morgan fingerprint density at radius 3 is 2.37 bits per heavy atom. The van der Waals surface area contributed by atoms with Gasteiger partial charge in [0.05, 0.1) is 10.7 Å². The molecule has 2 rings (SSSR count). The second-order valence-corrected chi connectivity index (χ2v) is 7.33. The zero-order valence-electron chi connectivity index (χ0n) is 16.6. The summed E-state index contributed by atoms with van der Waals surface area (Å²) in [5, 5.41) is 3.35. The average molecular weight is 452 g/mol. The number of anilines is 1. The minimum Gasteiger partial charge on any atom is -0.480 e. The Morgan fingerprint density at radius 2 is 1.70 bits per heavy atom.